The average molecular weight is 529 g/mol. The Hall–Kier alpha value is -3.88. The zero-order valence-electron chi connectivity index (χ0n) is 22.3. The van der Waals surface area contributed by atoms with Gasteiger partial charge in [-0.15, -0.1) is 0 Å². The van der Waals surface area contributed by atoms with Crippen molar-refractivity contribution < 1.29 is 23.4 Å². The largest absolute Gasteiger partial charge is 0.490 e. The molecule has 6 rings (SSSR count). The fraction of sp³-hybridized carbons (Fsp3) is 0.355. The second kappa shape index (κ2) is 10.7. The summed E-state index contributed by atoms with van der Waals surface area (Å²) >= 11 is 0. The molecule has 1 saturated heterocycles. The number of morpholine rings is 1. The van der Waals surface area contributed by atoms with Crippen LogP contribution in [0.15, 0.2) is 63.8 Å². The van der Waals surface area contributed by atoms with E-state index in [2.05, 4.69) is 4.90 Å². The molecule has 1 amide bonds. The zero-order valence-corrected chi connectivity index (χ0v) is 22.3. The summed E-state index contributed by atoms with van der Waals surface area (Å²) in [5.41, 5.74) is 1.41. The van der Waals surface area contributed by atoms with Crippen LogP contribution in [0.25, 0.3) is 21.7 Å². The summed E-state index contributed by atoms with van der Waals surface area (Å²) in [7, 11) is 0. The van der Waals surface area contributed by atoms with E-state index in [1.54, 1.807) is 11.0 Å². The van der Waals surface area contributed by atoms with Gasteiger partial charge < -0.3 is 23.5 Å². The van der Waals surface area contributed by atoms with Gasteiger partial charge in [-0.25, -0.2) is 0 Å². The Morgan fingerprint density at radius 1 is 0.872 bits per heavy atom. The minimum Gasteiger partial charge on any atom is -0.490 e. The Bertz CT molecular complexity index is 1590. The molecule has 0 N–H and O–H groups in total. The topological polar surface area (TPSA) is 81.5 Å². The monoisotopic (exact) mass is 528 g/mol. The Labute approximate surface area is 226 Å². The summed E-state index contributed by atoms with van der Waals surface area (Å²) in [5.74, 6) is 1.05. The molecule has 202 valence electrons. The third kappa shape index (κ3) is 4.53. The van der Waals surface area contributed by atoms with E-state index in [4.69, 9.17) is 18.6 Å². The molecule has 0 radical (unpaired) electrons. The van der Waals surface area contributed by atoms with Gasteiger partial charge in [-0.2, -0.15) is 0 Å². The Morgan fingerprint density at radius 3 is 2.44 bits per heavy atom. The van der Waals surface area contributed by atoms with Gasteiger partial charge in [0.2, 0.25) is 5.76 Å². The maximum Gasteiger partial charge on any atom is 0.290 e. The van der Waals surface area contributed by atoms with Crippen LogP contribution in [0.4, 0.5) is 0 Å². The highest BCUT2D eigenvalue weighted by Gasteiger charge is 2.43. The summed E-state index contributed by atoms with van der Waals surface area (Å²) < 4.78 is 23.5. The van der Waals surface area contributed by atoms with Gasteiger partial charge in [0.15, 0.2) is 16.9 Å². The van der Waals surface area contributed by atoms with Crippen molar-refractivity contribution in [2.24, 2.45) is 0 Å². The number of carbonyl (C=O) groups is 1. The summed E-state index contributed by atoms with van der Waals surface area (Å²) in [4.78, 5) is 32.1. The minimum atomic E-state index is -0.601. The van der Waals surface area contributed by atoms with Crippen LogP contribution in [-0.2, 0) is 4.74 Å². The number of ether oxygens (including phenoxy) is 3. The van der Waals surface area contributed by atoms with Gasteiger partial charge in [-0.1, -0.05) is 36.4 Å². The van der Waals surface area contributed by atoms with E-state index < -0.39 is 6.04 Å². The molecule has 4 aromatic rings. The van der Waals surface area contributed by atoms with E-state index >= 15 is 0 Å². The van der Waals surface area contributed by atoms with Crippen molar-refractivity contribution in [3.63, 3.8) is 0 Å². The maximum atomic E-state index is 14.1. The first-order chi connectivity index (χ1) is 19.1. The van der Waals surface area contributed by atoms with Crippen LogP contribution in [0.5, 0.6) is 11.5 Å². The number of amides is 1. The highest BCUT2D eigenvalue weighted by molar-refractivity contribution is 6.06. The van der Waals surface area contributed by atoms with Crippen LogP contribution < -0.4 is 14.9 Å². The fourth-order valence-electron chi connectivity index (χ4n) is 5.64. The first-order valence-electron chi connectivity index (χ1n) is 13.6. The van der Waals surface area contributed by atoms with E-state index in [1.807, 2.05) is 62.4 Å². The third-order valence-electron chi connectivity index (χ3n) is 7.50. The molecule has 0 bridgehead atoms. The van der Waals surface area contributed by atoms with Crippen molar-refractivity contribution in [3.05, 3.63) is 81.7 Å². The van der Waals surface area contributed by atoms with Gasteiger partial charge >= 0.3 is 0 Å². The molecule has 1 fully saturated rings. The molecule has 1 aromatic heterocycles. The van der Waals surface area contributed by atoms with Crippen LogP contribution in [0.1, 0.15) is 41.6 Å². The predicted molar refractivity (Wildman–Crippen MR) is 149 cm³/mol. The van der Waals surface area contributed by atoms with Crippen molar-refractivity contribution in [2.75, 3.05) is 52.6 Å². The molecule has 8 nitrogen and oxygen atoms in total. The number of rotatable bonds is 8. The van der Waals surface area contributed by atoms with Gasteiger partial charge in [-0.3, -0.25) is 14.5 Å². The van der Waals surface area contributed by atoms with Gasteiger partial charge in [0.25, 0.3) is 5.91 Å². The van der Waals surface area contributed by atoms with Crippen molar-refractivity contribution in [1.29, 1.82) is 0 Å². The van der Waals surface area contributed by atoms with Crippen LogP contribution in [0.3, 0.4) is 0 Å². The number of carbonyl (C=O) groups excluding carboxylic acids is 1. The van der Waals surface area contributed by atoms with Crippen LogP contribution in [-0.4, -0.2) is 68.3 Å². The van der Waals surface area contributed by atoms with Crippen LogP contribution in [0.2, 0.25) is 0 Å². The Morgan fingerprint density at radius 2 is 1.64 bits per heavy atom. The number of nitrogens with zero attached hydrogens (tertiary/aromatic N) is 2. The molecule has 1 unspecified atom stereocenters. The second-order valence-corrected chi connectivity index (χ2v) is 9.76. The lowest BCUT2D eigenvalue weighted by molar-refractivity contribution is 0.0314. The molecule has 0 spiro atoms. The molecule has 2 aliphatic rings. The van der Waals surface area contributed by atoms with E-state index in [9.17, 15) is 9.59 Å². The van der Waals surface area contributed by atoms with Gasteiger partial charge in [0, 0.05) is 31.6 Å². The van der Waals surface area contributed by atoms with Crippen LogP contribution >= 0.6 is 0 Å². The lowest BCUT2D eigenvalue weighted by Gasteiger charge is -2.31. The quantitative estimate of drug-likeness (QED) is 0.309. The lowest BCUT2D eigenvalue weighted by Crippen LogP contribution is -2.42. The van der Waals surface area contributed by atoms with Gasteiger partial charge in [0.05, 0.1) is 43.4 Å². The van der Waals surface area contributed by atoms with E-state index in [0.29, 0.717) is 67.5 Å². The highest BCUT2D eigenvalue weighted by atomic mass is 16.5. The molecule has 8 heteroatoms. The highest BCUT2D eigenvalue weighted by Crippen LogP contribution is 2.41. The molecule has 0 aliphatic carbocycles. The van der Waals surface area contributed by atoms with Crippen molar-refractivity contribution in [1.82, 2.24) is 9.80 Å². The van der Waals surface area contributed by atoms with Crippen LogP contribution in [0, 0.1) is 0 Å². The number of hydrogen-bond acceptors (Lipinski definition) is 7. The Balaban J connectivity index is 1.50. The smallest absolute Gasteiger partial charge is 0.290 e. The number of hydrogen-bond donors (Lipinski definition) is 0. The summed E-state index contributed by atoms with van der Waals surface area (Å²) in [6, 6.07) is 16.5. The SMILES string of the molecule is CCOc1ccc(C2c3c(oc4c(ccc5ccccc54)c3=O)C(=O)N2CCN2CCOCC2)cc1OCC. The molecular weight excluding hydrogens is 496 g/mol. The predicted octanol–water partition coefficient (Wildman–Crippen LogP) is 4.62. The first-order valence-corrected chi connectivity index (χ1v) is 13.6. The van der Waals surface area contributed by atoms with Gasteiger partial charge in [-0.05, 0) is 43.0 Å². The number of benzene rings is 3. The van der Waals surface area contributed by atoms with Crippen molar-refractivity contribution >= 4 is 27.6 Å². The summed E-state index contributed by atoms with van der Waals surface area (Å²) in [6.45, 7) is 8.88. The molecular formula is C31H32N2O6. The third-order valence-corrected chi connectivity index (χ3v) is 7.50. The van der Waals surface area contributed by atoms with E-state index in [0.717, 1.165) is 29.4 Å². The van der Waals surface area contributed by atoms with E-state index in [-0.39, 0.29) is 17.1 Å². The van der Waals surface area contributed by atoms with Gasteiger partial charge in [0.1, 0.15) is 5.58 Å². The van der Waals surface area contributed by atoms with Crippen molar-refractivity contribution in [2.45, 2.75) is 19.9 Å². The maximum absolute atomic E-state index is 14.1. The van der Waals surface area contributed by atoms with Crippen molar-refractivity contribution in [3.8, 4) is 11.5 Å². The number of fused-ring (bicyclic) bond motifs is 4. The fourth-order valence-corrected chi connectivity index (χ4v) is 5.64. The summed E-state index contributed by atoms with van der Waals surface area (Å²) in [6.07, 6.45) is 0. The lowest BCUT2D eigenvalue weighted by atomic mass is 9.97. The second-order valence-electron chi connectivity index (χ2n) is 9.76. The molecule has 3 heterocycles. The Kier molecular flexibility index (Phi) is 6.97. The zero-order chi connectivity index (χ0) is 26.9. The molecule has 1 atom stereocenters. The molecule has 3 aromatic carbocycles. The normalized spacial score (nSPS) is 17.6. The average Bonchev–Trinajstić information content (AvgIpc) is 3.25. The minimum absolute atomic E-state index is 0.114. The molecule has 2 aliphatic heterocycles. The molecule has 0 saturated carbocycles. The molecule has 39 heavy (non-hydrogen) atoms. The summed E-state index contributed by atoms with van der Waals surface area (Å²) in [5, 5.41) is 2.23. The first kappa shape index (κ1) is 25.4. The standard InChI is InChI=1S/C31H32N2O6/c1-3-37-24-12-10-21(19-25(24)38-4-2)27-26-28(34)23-11-9-20-7-5-6-8-22(20)29(23)39-30(26)31(35)33(27)14-13-32-15-17-36-18-16-32/h5-12,19,27H,3-4,13-18H2,1-2H3. The van der Waals surface area contributed by atoms with E-state index in [1.165, 1.54) is 0 Å².